The van der Waals surface area contributed by atoms with Crippen molar-refractivity contribution in [3.63, 3.8) is 0 Å². The minimum atomic E-state index is -0.822. The van der Waals surface area contributed by atoms with E-state index in [0.29, 0.717) is 6.42 Å². The molecular formula is C14H25NO3. The van der Waals surface area contributed by atoms with Gasteiger partial charge in [0, 0.05) is 25.9 Å². The van der Waals surface area contributed by atoms with Crippen LogP contribution in [0.4, 0.5) is 0 Å². The highest BCUT2D eigenvalue weighted by Crippen LogP contribution is 2.21. The third kappa shape index (κ3) is 5.07. The van der Waals surface area contributed by atoms with Crippen LogP contribution in [-0.4, -0.2) is 35.0 Å². The van der Waals surface area contributed by atoms with Crippen LogP contribution in [0.25, 0.3) is 0 Å². The number of aliphatic carboxylic acids is 1. The average Bonchev–Trinajstić information content (AvgIpc) is 2.52. The summed E-state index contributed by atoms with van der Waals surface area (Å²) in [6.45, 7) is 5.72. The fourth-order valence-electron chi connectivity index (χ4n) is 2.62. The largest absolute Gasteiger partial charge is 0.481 e. The van der Waals surface area contributed by atoms with Crippen molar-refractivity contribution < 1.29 is 14.7 Å². The lowest BCUT2D eigenvalue weighted by Crippen LogP contribution is -2.33. The van der Waals surface area contributed by atoms with E-state index in [9.17, 15) is 9.59 Å². The summed E-state index contributed by atoms with van der Waals surface area (Å²) in [5.74, 6) is -0.0165. The molecule has 1 rings (SSSR count). The van der Waals surface area contributed by atoms with Crippen molar-refractivity contribution >= 4 is 11.9 Å². The molecule has 1 aliphatic rings. The molecule has 1 amide bonds. The highest BCUT2D eigenvalue weighted by atomic mass is 16.4. The number of carbonyl (C=O) groups is 2. The second kappa shape index (κ2) is 7.39. The predicted octanol–water partition coefficient (Wildman–Crippen LogP) is 2.53. The van der Waals surface area contributed by atoms with E-state index in [4.69, 9.17) is 5.11 Å². The number of hydrogen-bond donors (Lipinski definition) is 1. The monoisotopic (exact) mass is 255 g/mol. The van der Waals surface area contributed by atoms with Crippen molar-refractivity contribution in [1.82, 2.24) is 4.90 Å². The highest BCUT2D eigenvalue weighted by Gasteiger charge is 2.21. The summed E-state index contributed by atoms with van der Waals surface area (Å²) in [4.78, 5) is 24.6. The van der Waals surface area contributed by atoms with E-state index in [2.05, 4.69) is 6.92 Å². The SMILES string of the molecule is CCC1CCCN(C(=O)CC(C)CC(=O)O)CC1. The molecule has 0 bridgehead atoms. The molecule has 104 valence electrons. The van der Waals surface area contributed by atoms with Crippen LogP contribution in [0.2, 0.25) is 0 Å². The number of carbonyl (C=O) groups excluding carboxylic acids is 1. The van der Waals surface area contributed by atoms with Crippen molar-refractivity contribution in [2.75, 3.05) is 13.1 Å². The first-order valence-electron chi connectivity index (χ1n) is 7.02. The molecule has 1 N–H and O–H groups in total. The zero-order chi connectivity index (χ0) is 13.5. The van der Waals surface area contributed by atoms with Crippen molar-refractivity contribution in [2.45, 2.75) is 52.4 Å². The minimum absolute atomic E-state index is 0.0692. The third-order valence-electron chi connectivity index (χ3n) is 3.82. The minimum Gasteiger partial charge on any atom is -0.481 e. The number of hydrogen-bond acceptors (Lipinski definition) is 2. The zero-order valence-corrected chi connectivity index (χ0v) is 11.5. The van der Waals surface area contributed by atoms with Crippen molar-refractivity contribution in [1.29, 1.82) is 0 Å². The first-order valence-corrected chi connectivity index (χ1v) is 7.02. The number of nitrogens with zero attached hydrogens (tertiary/aromatic N) is 1. The molecule has 0 aromatic heterocycles. The summed E-state index contributed by atoms with van der Waals surface area (Å²) >= 11 is 0. The van der Waals surface area contributed by atoms with E-state index in [0.717, 1.165) is 31.8 Å². The summed E-state index contributed by atoms with van der Waals surface area (Å²) in [5.41, 5.74) is 0. The molecule has 1 saturated heterocycles. The van der Waals surface area contributed by atoms with E-state index in [1.54, 1.807) is 0 Å². The molecule has 4 nitrogen and oxygen atoms in total. The van der Waals surface area contributed by atoms with Gasteiger partial charge in [-0.1, -0.05) is 20.3 Å². The molecular weight excluding hydrogens is 230 g/mol. The Hall–Kier alpha value is -1.06. The molecule has 0 radical (unpaired) electrons. The summed E-state index contributed by atoms with van der Waals surface area (Å²) < 4.78 is 0. The average molecular weight is 255 g/mol. The van der Waals surface area contributed by atoms with Crippen molar-refractivity contribution in [3.8, 4) is 0 Å². The Morgan fingerprint density at radius 1 is 1.28 bits per heavy atom. The number of likely N-dealkylation sites (tertiary alicyclic amines) is 1. The van der Waals surface area contributed by atoms with E-state index in [-0.39, 0.29) is 18.2 Å². The molecule has 4 heteroatoms. The van der Waals surface area contributed by atoms with Gasteiger partial charge in [-0.25, -0.2) is 0 Å². The van der Waals surface area contributed by atoms with Crippen LogP contribution in [0.1, 0.15) is 52.4 Å². The molecule has 1 heterocycles. The first-order chi connectivity index (χ1) is 8.52. The fourth-order valence-corrected chi connectivity index (χ4v) is 2.62. The number of carboxylic acids is 1. The first kappa shape index (κ1) is 15.0. The maximum Gasteiger partial charge on any atom is 0.303 e. The highest BCUT2D eigenvalue weighted by molar-refractivity contribution is 5.77. The van der Waals surface area contributed by atoms with Crippen LogP contribution >= 0.6 is 0 Å². The van der Waals surface area contributed by atoms with Gasteiger partial charge in [0.2, 0.25) is 5.91 Å². The molecule has 1 fully saturated rings. The lowest BCUT2D eigenvalue weighted by atomic mass is 9.98. The molecule has 0 aromatic carbocycles. The van der Waals surface area contributed by atoms with E-state index in [1.165, 1.54) is 12.8 Å². The second-order valence-corrected chi connectivity index (χ2v) is 5.49. The molecule has 2 unspecified atom stereocenters. The second-order valence-electron chi connectivity index (χ2n) is 5.49. The van der Waals surface area contributed by atoms with Gasteiger partial charge >= 0.3 is 5.97 Å². The van der Waals surface area contributed by atoms with Crippen molar-refractivity contribution in [3.05, 3.63) is 0 Å². The van der Waals surface area contributed by atoms with Gasteiger partial charge in [-0.3, -0.25) is 9.59 Å². The summed E-state index contributed by atoms with van der Waals surface area (Å²) in [6.07, 6.45) is 5.02. The summed E-state index contributed by atoms with van der Waals surface area (Å²) in [6, 6.07) is 0. The molecule has 0 aliphatic carbocycles. The molecule has 18 heavy (non-hydrogen) atoms. The Kier molecular flexibility index (Phi) is 6.16. The van der Waals surface area contributed by atoms with Gasteiger partial charge < -0.3 is 10.0 Å². The van der Waals surface area contributed by atoms with Gasteiger partial charge in [-0.15, -0.1) is 0 Å². The topological polar surface area (TPSA) is 57.6 Å². The molecule has 0 aromatic rings. The molecule has 0 saturated carbocycles. The molecule has 2 atom stereocenters. The van der Waals surface area contributed by atoms with Gasteiger partial charge in [0.15, 0.2) is 0 Å². The van der Waals surface area contributed by atoms with Gasteiger partial charge in [0.1, 0.15) is 0 Å². The fraction of sp³-hybridized carbons (Fsp3) is 0.857. The van der Waals surface area contributed by atoms with Gasteiger partial charge in [-0.2, -0.15) is 0 Å². The van der Waals surface area contributed by atoms with Crippen LogP contribution in [-0.2, 0) is 9.59 Å². The Labute approximate surface area is 109 Å². The van der Waals surface area contributed by atoms with E-state index < -0.39 is 5.97 Å². The van der Waals surface area contributed by atoms with Crippen LogP contribution in [0, 0.1) is 11.8 Å². The molecule has 0 spiro atoms. The van der Waals surface area contributed by atoms with Gasteiger partial charge in [-0.05, 0) is 31.1 Å². The Balaban J connectivity index is 2.39. The molecule has 1 aliphatic heterocycles. The normalized spacial score (nSPS) is 22.3. The summed E-state index contributed by atoms with van der Waals surface area (Å²) in [7, 11) is 0. The Bertz CT molecular complexity index is 291. The number of carboxylic acid groups (broad SMARTS) is 1. The maximum absolute atomic E-state index is 12.1. The van der Waals surface area contributed by atoms with E-state index in [1.807, 2.05) is 11.8 Å². The Morgan fingerprint density at radius 2 is 2.00 bits per heavy atom. The standard InChI is InChI=1S/C14H25NO3/c1-3-12-5-4-7-15(8-6-12)13(16)9-11(2)10-14(17)18/h11-12H,3-10H2,1-2H3,(H,17,18). The Morgan fingerprint density at radius 3 is 2.61 bits per heavy atom. The summed E-state index contributed by atoms with van der Waals surface area (Å²) in [5, 5.41) is 8.69. The van der Waals surface area contributed by atoms with Crippen LogP contribution in [0.15, 0.2) is 0 Å². The van der Waals surface area contributed by atoms with Crippen LogP contribution in [0.5, 0.6) is 0 Å². The third-order valence-corrected chi connectivity index (χ3v) is 3.82. The van der Waals surface area contributed by atoms with E-state index >= 15 is 0 Å². The maximum atomic E-state index is 12.1. The van der Waals surface area contributed by atoms with Gasteiger partial charge in [0.05, 0.1) is 0 Å². The quantitative estimate of drug-likeness (QED) is 0.821. The predicted molar refractivity (Wildman–Crippen MR) is 70.2 cm³/mol. The number of rotatable bonds is 5. The van der Waals surface area contributed by atoms with Gasteiger partial charge in [0.25, 0.3) is 0 Å². The van der Waals surface area contributed by atoms with Crippen LogP contribution < -0.4 is 0 Å². The lowest BCUT2D eigenvalue weighted by molar-refractivity contribution is -0.138. The van der Waals surface area contributed by atoms with Crippen LogP contribution in [0.3, 0.4) is 0 Å². The lowest BCUT2D eigenvalue weighted by Gasteiger charge is -2.22. The smallest absolute Gasteiger partial charge is 0.303 e. The van der Waals surface area contributed by atoms with Crippen molar-refractivity contribution in [2.24, 2.45) is 11.8 Å². The zero-order valence-electron chi connectivity index (χ0n) is 11.5. The number of amides is 1.